The Hall–Kier alpha value is -1.81. The van der Waals surface area contributed by atoms with Crippen LogP contribution in [0.4, 0.5) is 18.9 Å². The third kappa shape index (κ3) is 3.59. The van der Waals surface area contributed by atoms with Crippen molar-refractivity contribution in [2.45, 2.75) is 30.8 Å². The van der Waals surface area contributed by atoms with E-state index >= 15 is 0 Å². The number of hydrazine groups is 1. The number of nitrogens with zero attached hydrogens (tertiary/aromatic N) is 2. The summed E-state index contributed by atoms with van der Waals surface area (Å²) in [5.41, 5.74) is 2.53. The first-order valence-corrected chi connectivity index (χ1v) is 9.33. The van der Waals surface area contributed by atoms with E-state index in [4.69, 9.17) is 21.1 Å². The molecule has 1 amide bonds. The van der Waals surface area contributed by atoms with Gasteiger partial charge in [-0.3, -0.25) is 9.80 Å². The summed E-state index contributed by atoms with van der Waals surface area (Å²) >= 11 is 6.16. The molecule has 28 heavy (non-hydrogen) atoms. The lowest BCUT2D eigenvalue weighted by Gasteiger charge is -2.38. The van der Waals surface area contributed by atoms with Crippen LogP contribution in [0.2, 0.25) is 5.02 Å². The fourth-order valence-electron chi connectivity index (χ4n) is 3.64. The third-order valence-electron chi connectivity index (χ3n) is 5.12. The lowest BCUT2D eigenvalue weighted by atomic mass is 10.0. The monoisotopic (exact) mass is 417 g/mol. The van der Waals surface area contributed by atoms with Crippen LogP contribution in [-0.2, 0) is 14.3 Å². The molecule has 1 atom stereocenters. The maximum Gasteiger partial charge on any atom is 0.409 e. The number of likely N-dealkylation sites (tertiary alicyclic amines) is 1. The topological polar surface area (TPSA) is 54.0 Å². The summed E-state index contributed by atoms with van der Waals surface area (Å²) in [5, 5.41) is 1.36. The first-order valence-electron chi connectivity index (χ1n) is 8.96. The number of amides is 1. The van der Waals surface area contributed by atoms with Gasteiger partial charge in [-0.15, -0.1) is 0 Å². The molecule has 3 heterocycles. The highest BCUT2D eigenvalue weighted by molar-refractivity contribution is 6.33. The van der Waals surface area contributed by atoms with E-state index in [-0.39, 0.29) is 16.4 Å². The van der Waals surface area contributed by atoms with Crippen molar-refractivity contribution in [3.63, 3.8) is 0 Å². The Morgan fingerprint density at radius 1 is 1.18 bits per heavy atom. The summed E-state index contributed by atoms with van der Waals surface area (Å²) in [6, 6.07) is 4.45. The van der Waals surface area contributed by atoms with E-state index in [2.05, 4.69) is 5.43 Å². The summed E-state index contributed by atoms with van der Waals surface area (Å²) in [4.78, 5) is 14.6. The second kappa shape index (κ2) is 7.22. The van der Waals surface area contributed by atoms with Gasteiger partial charge in [-0.2, -0.15) is 13.2 Å². The van der Waals surface area contributed by atoms with E-state index in [0.29, 0.717) is 39.1 Å². The van der Waals surface area contributed by atoms with Gasteiger partial charge in [0.25, 0.3) is 5.91 Å². The summed E-state index contributed by atoms with van der Waals surface area (Å²) in [7, 11) is 0. The van der Waals surface area contributed by atoms with Crippen LogP contribution >= 0.6 is 11.6 Å². The van der Waals surface area contributed by atoms with Gasteiger partial charge in [0.15, 0.2) is 5.79 Å². The van der Waals surface area contributed by atoms with Crippen molar-refractivity contribution in [2.24, 2.45) is 0 Å². The molecule has 2 saturated heterocycles. The maximum absolute atomic E-state index is 13.3. The molecule has 3 aliphatic heterocycles. The molecular weight excluding hydrogens is 399 g/mol. The van der Waals surface area contributed by atoms with Gasteiger partial charge < -0.3 is 14.4 Å². The van der Waals surface area contributed by atoms with Crippen molar-refractivity contribution in [2.75, 3.05) is 31.3 Å². The number of hydrogen-bond donors (Lipinski definition) is 1. The molecule has 6 nitrogen and oxygen atoms in total. The maximum atomic E-state index is 13.3. The fourth-order valence-corrected chi connectivity index (χ4v) is 3.86. The number of nitrogens with one attached hydrogen (secondary N) is 1. The van der Waals surface area contributed by atoms with Crippen LogP contribution in [0.5, 0.6) is 0 Å². The van der Waals surface area contributed by atoms with Crippen LogP contribution in [0.1, 0.15) is 12.8 Å². The van der Waals surface area contributed by atoms with Crippen molar-refractivity contribution in [1.82, 2.24) is 10.3 Å². The molecule has 1 unspecified atom stereocenters. The van der Waals surface area contributed by atoms with E-state index in [1.54, 1.807) is 24.3 Å². The summed E-state index contributed by atoms with van der Waals surface area (Å²) < 4.78 is 51.2. The van der Waals surface area contributed by atoms with Crippen LogP contribution in [0.25, 0.3) is 0 Å². The standard InChI is InChI=1S/C18H19ClF3N3O3/c19-12-3-1-2-4-13(12)25-14(11-15(23-25)18(20,21)22)16(26)24-7-5-17(6-8-24)27-9-10-28-17/h1-4,11,15,23H,5-10H2. The predicted molar refractivity (Wildman–Crippen MR) is 95.4 cm³/mol. The number of piperidine rings is 1. The number of anilines is 1. The van der Waals surface area contributed by atoms with Crippen molar-refractivity contribution in [3.05, 3.63) is 41.1 Å². The minimum atomic E-state index is -4.54. The molecule has 10 heteroatoms. The highest BCUT2D eigenvalue weighted by Crippen LogP contribution is 2.36. The van der Waals surface area contributed by atoms with E-state index in [9.17, 15) is 18.0 Å². The quantitative estimate of drug-likeness (QED) is 0.802. The Morgan fingerprint density at radius 3 is 2.43 bits per heavy atom. The molecule has 0 saturated carbocycles. The highest BCUT2D eigenvalue weighted by atomic mass is 35.5. The van der Waals surface area contributed by atoms with Crippen molar-refractivity contribution < 1.29 is 27.4 Å². The zero-order valence-corrected chi connectivity index (χ0v) is 15.6. The first-order chi connectivity index (χ1) is 13.3. The zero-order chi connectivity index (χ0) is 19.9. The normalized spacial score (nSPS) is 24.7. The van der Waals surface area contributed by atoms with Gasteiger partial charge in [-0.1, -0.05) is 23.7 Å². The number of halogens is 4. The second-order valence-electron chi connectivity index (χ2n) is 6.89. The molecule has 2 fully saturated rings. The predicted octanol–water partition coefficient (Wildman–Crippen LogP) is 2.84. The molecule has 152 valence electrons. The Bertz CT molecular complexity index is 786. The molecule has 0 aliphatic carbocycles. The number of ether oxygens (including phenoxy) is 2. The molecule has 1 N–H and O–H groups in total. The lowest BCUT2D eigenvalue weighted by Crippen LogP contribution is -2.50. The Kier molecular flexibility index (Phi) is 5.03. The third-order valence-corrected chi connectivity index (χ3v) is 5.44. The summed E-state index contributed by atoms with van der Waals surface area (Å²) in [5.74, 6) is -1.16. The molecule has 4 rings (SSSR count). The fraction of sp³-hybridized carbons (Fsp3) is 0.500. The number of benzene rings is 1. The molecule has 1 spiro atoms. The number of carbonyl (C=O) groups is 1. The van der Waals surface area contributed by atoms with Gasteiger partial charge in [0.2, 0.25) is 0 Å². The number of para-hydroxylation sites is 1. The minimum Gasteiger partial charge on any atom is -0.347 e. The van der Waals surface area contributed by atoms with Crippen LogP contribution in [0.15, 0.2) is 36.0 Å². The van der Waals surface area contributed by atoms with Crippen LogP contribution in [0, 0.1) is 0 Å². The number of rotatable bonds is 2. The molecule has 0 bridgehead atoms. The van der Waals surface area contributed by atoms with Gasteiger partial charge in [-0.25, -0.2) is 5.43 Å². The number of hydrogen-bond acceptors (Lipinski definition) is 5. The van der Waals surface area contributed by atoms with E-state index in [1.165, 1.54) is 4.90 Å². The van der Waals surface area contributed by atoms with Gasteiger partial charge in [0.1, 0.15) is 11.7 Å². The first kappa shape index (κ1) is 19.5. The van der Waals surface area contributed by atoms with Crippen LogP contribution in [0.3, 0.4) is 0 Å². The van der Waals surface area contributed by atoms with E-state index in [0.717, 1.165) is 11.1 Å². The van der Waals surface area contributed by atoms with Crippen LogP contribution < -0.4 is 10.4 Å². The molecular formula is C18H19ClF3N3O3. The largest absolute Gasteiger partial charge is 0.409 e. The van der Waals surface area contributed by atoms with Gasteiger partial charge in [0, 0.05) is 25.9 Å². The van der Waals surface area contributed by atoms with Gasteiger partial charge in [-0.05, 0) is 18.2 Å². The SMILES string of the molecule is O=C(C1=CC(C(F)(F)F)NN1c1ccccc1Cl)N1CCC2(CC1)OCCO2. The second-order valence-corrected chi connectivity index (χ2v) is 7.29. The van der Waals surface area contributed by atoms with E-state index < -0.39 is 23.9 Å². The molecule has 0 aromatic heterocycles. The highest BCUT2D eigenvalue weighted by Gasteiger charge is 2.47. The number of alkyl halides is 3. The lowest BCUT2D eigenvalue weighted by molar-refractivity contribution is -0.186. The average molecular weight is 418 g/mol. The smallest absolute Gasteiger partial charge is 0.347 e. The zero-order valence-electron chi connectivity index (χ0n) is 14.8. The molecule has 1 aromatic rings. The molecule has 1 aromatic carbocycles. The van der Waals surface area contributed by atoms with Gasteiger partial charge in [0.05, 0.1) is 23.9 Å². The van der Waals surface area contributed by atoms with E-state index in [1.807, 2.05) is 0 Å². The van der Waals surface area contributed by atoms with Crippen molar-refractivity contribution >= 4 is 23.2 Å². The summed E-state index contributed by atoms with van der Waals surface area (Å²) in [6.07, 6.45) is -2.68. The van der Waals surface area contributed by atoms with Crippen molar-refractivity contribution in [1.29, 1.82) is 0 Å². The number of carbonyl (C=O) groups excluding carboxylic acids is 1. The van der Waals surface area contributed by atoms with Crippen LogP contribution in [-0.4, -0.2) is 55.1 Å². The Morgan fingerprint density at radius 2 is 1.82 bits per heavy atom. The Balaban J connectivity index is 1.57. The van der Waals surface area contributed by atoms with Gasteiger partial charge >= 0.3 is 6.18 Å². The Labute approximate surface area is 164 Å². The molecule has 0 radical (unpaired) electrons. The molecule has 3 aliphatic rings. The summed E-state index contributed by atoms with van der Waals surface area (Å²) in [6.45, 7) is 1.69. The van der Waals surface area contributed by atoms with Crippen molar-refractivity contribution in [3.8, 4) is 0 Å². The average Bonchev–Trinajstić information content (AvgIpc) is 3.30. The minimum absolute atomic E-state index is 0.0976.